The van der Waals surface area contributed by atoms with Crippen LogP contribution in [0.1, 0.15) is 17.8 Å². The maximum atomic E-state index is 4.08. The van der Waals surface area contributed by atoms with E-state index in [1.807, 2.05) is 0 Å². The molecule has 0 radical (unpaired) electrons. The van der Waals surface area contributed by atoms with Crippen LogP contribution < -0.4 is 5.32 Å². The van der Waals surface area contributed by atoms with E-state index in [-0.39, 0.29) is 0 Å². The Morgan fingerprint density at radius 2 is 2.44 bits per heavy atom. The molecule has 2 aromatic heterocycles. The van der Waals surface area contributed by atoms with E-state index in [1.165, 1.54) is 9.35 Å². The molecule has 0 unspecified atom stereocenters. The van der Waals surface area contributed by atoms with E-state index in [4.69, 9.17) is 0 Å². The summed E-state index contributed by atoms with van der Waals surface area (Å²) >= 11 is 5.17. The summed E-state index contributed by atoms with van der Waals surface area (Å²) in [6.45, 7) is 1.92. The number of halogens is 1. The number of nitrogens with one attached hydrogen (secondary N) is 2. The first-order chi connectivity index (χ1) is 7.84. The van der Waals surface area contributed by atoms with Crippen molar-refractivity contribution in [3.8, 4) is 0 Å². The SMILES string of the molecule is Brc1cc(CNCCCc2ncn[nH]2)cs1. The van der Waals surface area contributed by atoms with Gasteiger partial charge in [-0.15, -0.1) is 11.3 Å². The van der Waals surface area contributed by atoms with Gasteiger partial charge in [0, 0.05) is 13.0 Å². The van der Waals surface area contributed by atoms with Crippen LogP contribution in [-0.2, 0) is 13.0 Å². The number of hydrogen-bond donors (Lipinski definition) is 2. The molecule has 4 nitrogen and oxygen atoms in total. The minimum Gasteiger partial charge on any atom is -0.313 e. The molecule has 16 heavy (non-hydrogen) atoms. The Morgan fingerprint density at radius 3 is 3.12 bits per heavy atom. The maximum absolute atomic E-state index is 4.08. The maximum Gasteiger partial charge on any atom is 0.137 e. The molecule has 0 atom stereocenters. The molecule has 0 amide bonds. The molecule has 0 aliphatic heterocycles. The first kappa shape index (κ1) is 11.8. The average molecular weight is 301 g/mol. The topological polar surface area (TPSA) is 53.6 Å². The van der Waals surface area contributed by atoms with Gasteiger partial charge in [0.1, 0.15) is 12.2 Å². The van der Waals surface area contributed by atoms with Crippen LogP contribution in [-0.4, -0.2) is 21.7 Å². The Hall–Kier alpha value is -0.720. The zero-order valence-corrected chi connectivity index (χ0v) is 11.1. The van der Waals surface area contributed by atoms with E-state index in [1.54, 1.807) is 17.7 Å². The van der Waals surface area contributed by atoms with Crippen molar-refractivity contribution in [1.29, 1.82) is 0 Å². The Kier molecular flexibility index (Phi) is 4.50. The highest BCUT2D eigenvalue weighted by Crippen LogP contribution is 2.20. The summed E-state index contributed by atoms with van der Waals surface area (Å²) in [6.07, 6.45) is 3.56. The van der Waals surface area contributed by atoms with Crippen LogP contribution in [0.5, 0.6) is 0 Å². The lowest BCUT2D eigenvalue weighted by molar-refractivity contribution is 0.640. The van der Waals surface area contributed by atoms with Crippen LogP contribution in [0.2, 0.25) is 0 Å². The fraction of sp³-hybridized carbons (Fsp3) is 0.400. The molecule has 86 valence electrons. The number of aryl methyl sites for hydroxylation is 1. The van der Waals surface area contributed by atoms with Crippen LogP contribution in [0.25, 0.3) is 0 Å². The minimum absolute atomic E-state index is 0.929. The van der Waals surface area contributed by atoms with Crippen molar-refractivity contribution in [1.82, 2.24) is 20.5 Å². The van der Waals surface area contributed by atoms with Crippen molar-refractivity contribution in [3.05, 3.63) is 32.9 Å². The molecule has 0 aromatic carbocycles. The quantitative estimate of drug-likeness (QED) is 0.805. The average Bonchev–Trinajstić information content (AvgIpc) is 2.89. The molecule has 2 rings (SSSR count). The predicted octanol–water partition coefficient (Wildman–Crippen LogP) is 2.35. The largest absolute Gasteiger partial charge is 0.313 e. The standard InChI is InChI=1S/C10H13BrN4S/c11-9-4-8(6-16-9)5-12-3-1-2-10-13-7-14-15-10/h4,6-7,12H,1-3,5H2,(H,13,14,15). The molecule has 0 spiro atoms. The summed E-state index contributed by atoms with van der Waals surface area (Å²) in [4.78, 5) is 4.08. The van der Waals surface area contributed by atoms with E-state index in [0.29, 0.717) is 0 Å². The first-order valence-corrected chi connectivity index (χ1v) is 6.80. The minimum atomic E-state index is 0.929. The summed E-state index contributed by atoms with van der Waals surface area (Å²) in [5, 5.41) is 12.2. The molecule has 6 heteroatoms. The number of nitrogens with zero attached hydrogens (tertiary/aromatic N) is 2. The highest BCUT2D eigenvalue weighted by molar-refractivity contribution is 9.11. The van der Waals surface area contributed by atoms with Gasteiger partial charge in [0.15, 0.2) is 0 Å². The van der Waals surface area contributed by atoms with Gasteiger partial charge in [0.25, 0.3) is 0 Å². The van der Waals surface area contributed by atoms with E-state index in [9.17, 15) is 0 Å². The zero-order valence-electron chi connectivity index (χ0n) is 8.74. The molecular weight excluding hydrogens is 288 g/mol. The van der Waals surface area contributed by atoms with Crippen molar-refractivity contribution in [2.75, 3.05) is 6.54 Å². The summed E-state index contributed by atoms with van der Waals surface area (Å²) in [5.41, 5.74) is 1.33. The lowest BCUT2D eigenvalue weighted by atomic mass is 10.3. The van der Waals surface area contributed by atoms with Gasteiger partial charge in [-0.05, 0) is 45.9 Å². The fourth-order valence-corrected chi connectivity index (χ4v) is 2.61. The first-order valence-electron chi connectivity index (χ1n) is 5.12. The molecule has 2 heterocycles. The molecule has 0 fully saturated rings. The van der Waals surface area contributed by atoms with Crippen molar-refractivity contribution in [2.24, 2.45) is 0 Å². The van der Waals surface area contributed by atoms with Crippen molar-refractivity contribution < 1.29 is 0 Å². The molecule has 2 aromatic rings. The molecule has 0 saturated carbocycles. The lowest BCUT2D eigenvalue weighted by Gasteiger charge is -2.01. The molecular formula is C10H13BrN4S. The van der Waals surface area contributed by atoms with Crippen molar-refractivity contribution in [3.63, 3.8) is 0 Å². The van der Waals surface area contributed by atoms with Crippen molar-refractivity contribution >= 4 is 27.3 Å². The van der Waals surface area contributed by atoms with E-state index < -0.39 is 0 Å². The van der Waals surface area contributed by atoms with E-state index in [0.717, 1.165) is 31.8 Å². The fourth-order valence-electron chi connectivity index (χ4n) is 1.40. The summed E-state index contributed by atoms with van der Waals surface area (Å²) < 4.78 is 1.19. The van der Waals surface area contributed by atoms with Crippen LogP contribution in [0.4, 0.5) is 0 Å². The summed E-state index contributed by atoms with van der Waals surface area (Å²) in [6, 6.07) is 2.15. The molecule has 2 N–H and O–H groups in total. The summed E-state index contributed by atoms with van der Waals surface area (Å²) in [7, 11) is 0. The second kappa shape index (κ2) is 6.12. The highest BCUT2D eigenvalue weighted by atomic mass is 79.9. The van der Waals surface area contributed by atoms with Gasteiger partial charge < -0.3 is 5.32 Å². The highest BCUT2D eigenvalue weighted by Gasteiger charge is 1.98. The van der Waals surface area contributed by atoms with Gasteiger partial charge in [0.05, 0.1) is 3.79 Å². The Morgan fingerprint density at radius 1 is 1.50 bits per heavy atom. The van der Waals surface area contributed by atoms with Gasteiger partial charge in [0.2, 0.25) is 0 Å². The Bertz CT molecular complexity index is 412. The number of aromatic nitrogens is 3. The summed E-state index contributed by atoms with van der Waals surface area (Å²) in [5.74, 6) is 0.958. The monoisotopic (exact) mass is 300 g/mol. The van der Waals surface area contributed by atoms with Crippen LogP contribution in [0, 0.1) is 0 Å². The van der Waals surface area contributed by atoms with Gasteiger partial charge in [-0.1, -0.05) is 0 Å². The smallest absolute Gasteiger partial charge is 0.137 e. The molecule has 0 bridgehead atoms. The third-order valence-corrected chi connectivity index (χ3v) is 3.74. The van der Waals surface area contributed by atoms with Gasteiger partial charge in [-0.25, -0.2) is 4.98 Å². The number of rotatable bonds is 6. The normalized spacial score (nSPS) is 10.8. The van der Waals surface area contributed by atoms with Crippen LogP contribution in [0.15, 0.2) is 21.6 Å². The Labute approximate surface area is 107 Å². The third-order valence-electron chi connectivity index (χ3n) is 2.18. The Balaban J connectivity index is 1.59. The number of aromatic amines is 1. The molecule has 0 aliphatic carbocycles. The van der Waals surface area contributed by atoms with Crippen molar-refractivity contribution in [2.45, 2.75) is 19.4 Å². The third kappa shape index (κ3) is 3.70. The molecule has 0 saturated heterocycles. The van der Waals surface area contributed by atoms with Gasteiger partial charge >= 0.3 is 0 Å². The van der Waals surface area contributed by atoms with E-state index >= 15 is 0 Å². The van der Waals surface area contributed by atoms with E-state index in [2.05, 4.69) is 47.9 Å². The number of H-pyrrole nitrogens is 1. The lowest BCUT2D eigenvalue weighted by Crippen LogP contribution is -2.15. The second-order valence-electron chi connectivity index (χ2n) is 3.47. The van der Waals surface area contributed by atoms with Gasteiger partial charge in [-0.3, -0.25) is 5.10 Å². The number of thiophene rings is 1. The molecule has 0 aliphatic rings. The number of hydrogen-bond acceptors (Lipinski definition) is 4. The zero-order chi connectivity index (χ0) is 11.2. The van der Waals surface area contributed by atoms with Crippen LogP contribution >= 0.6 is 27.3 Å². The predicted molar refractivity (Wildman–Crippen MR) is 68.4 cm³/mol. The van der Waals surface area contributed by atoms with Gasteiger partial charge in [-0.2, -0.15) is 5.10 Å². The van der Waals surface area contributed by atoms with Crippen LogP contribution in [0.3, 0.4) is 0 Å². The second-order valence-corrected chi connectivity index (χ2v) is 5.76.